The molecule has 154 valence electrons. The van der Waals surface area contributed by atoms with Crippen molar-refractivity contribution in [3.63, 3.8) is 0 Å². The molecular formula is C23H21Cl2N2O3+. The summed E-state index contributed by atoms with van der Waals surface area (Å²) in [4.78, 5) is 24.5. The van der Waals surface area contributed by atoms with Gasteiger partial charge in [-0.25, -0.2) is 4.79 Å². The number of rotatable bonds is 7. The number of carbonyl (C=O) groups is 2. The number of quaternary nitrogens is 1. The van der Waals surface area contributed by atoms with Crippen molar-refractivity contribution in [2.75, 3.05) is 19.0 Å². The van der Waals surface area contributed by atoms with E-state index in [9.17, 15) is 9.59 Å². The highest BCUT2D eigenvalue weighted by Gasteiger charge is 2.23. The molecule has 0 aromatic heterocycles. The monoisotopic (exact) mass is 443 g/mol. The van der Waals surface area contributed by atoms with Crippen LogP contribution in [-0.2, 0) is 9.53 Å². The summed E-state index contributed by atoms with van der Waals surface area (Å²) in [5, 5.41) is 5.89. The van der Waals surface area contributed by atoms with Gasteiger partial charge in [-0.15, -0.1) is 0 Å². The molecule has 3 rings (SSSR count). The number of carbonyl (C=O) groups excluding carboxylic acids is 2. The second-order valence-corrected chi connectivity index (χ2v) is 7.47. The quantitative estimate of drug-likeness (QED) is 0.540. The van der Waals surface area contributed by atoms with E-state index >= 15 is 0 Å². The Morgan fingerprint density at radius 3 is 2.30 bits per heavy atom. The number of ether oxygens (including phenoxy) is 1. The Bertz CT molecular complexity index is 1020. The maximum Gasteiger partial charge on any atom is 0.361 e. The number of amides is 1. The van der Waals surface area contributed by atoms with E-state index in [1.54, 1.807) is 42.5 Å². The zero-order chi connectivity index (χ0) is 21.5. The molecule has 3 N–H and O–H groups in total. The minimum atomic E-state index is -0.343. The lowest BCUT2D eigenvalue weighted by molar-refractivity contribution is -0.677. The second kappa shape index (κ2) is 10.3. The standard InChI is InChI=1S/C23H20Cl2N2O3/c1-30-21(28)14-26-22(15-5-3-2-4-6-15)19-13-18(25)11-12-20(19)27-23(29)16-7-9-17(24)10-8-16/h2-13,22,26H,14H2,1H3,(H,27,29)/p+1/t22-/m1/s1. The Morgan fingerprint density at radius 2 is 1.63 bits per heavy atom. The summed E-state index contributed by atoms with van der Waals surface area (Å²) in [7, 11) is 1.35. The van der Waals surface area contributed by atoms with E-state index in [1.807, 2.05) is 35.6 Å². The van der Waals surface area contributed by atoms with Gasteiger partial charge in [-0.2, -0.15) is 0 Å². The number of halogens is 2. The van der Waals surface area contributed by atoms with Crippen molar-refractivity contribution in [3.05, 3.63) is 99.5 Å². The molecule has 30 heavy (non-hydrogen) atoms. The van der Waals surface area contributed by atoms with Gasteiger partial charge in [-0.1, -0.05) is 53.5 Å². The Labute approximate surface area is 185 Å². The molecule has 0 spiro atoms. The highest BCUT2D eigenvalue weighted by atomic mass is 35.5. The number of anilines is 1. The van der Waals surface area contributed by atoms with Gasteiger partial charge < -0.3 is 15.4 Å². The SMILES string of the molecule is COC(=O)C[NH2+][C@H](c1ccccc1)c1cc(Cl)ccc1NC(=O)c1ccc(Cl)cc1. The molecule has 0 unspecified atom stereocenters. The van der Waals surface area contributed by atoms with E-state index in [4.69, 9.17) is 27.9 Å². The van der Waals surface area contributed by atoms with Crippen molar-refractivity contribution in [2.24, 2.45) is 0 Å². The van der Waals surface area contributed by atoms with Crippen LogP contribution in [0.25, 0.3) is 0 Å². The number of methoxy groups -OCH3 is 1. The first-order valence-electron chi connectivity index (χ1n) is 9.29. The molecular weight excluding hydrogens is 423 g/mol. The Morgan fingerprint density at radius 1 is 0.967 bits per heavy atom. The number of esters is 1. The average Bonchev–Trinajstić information content (AvgIpc) is 2.76. The third-order valence-corrected chi connectivity index (χ3v) is 5.10. The number of hydrogen-bond donors (Lipinski definition) is 2. The van der Waals surface area contributed by atoms with Crippen molar-refractivity contribution >= 4 is 40.8 Å². The summed E-state index contributed by atoms with van der Waals surface area (Å²) in [6.07, 6.45) is 0. The van der Waals surface area contributed by atoms with Gasteiger partial charge in [-0.05, 0) is 42.5 Å². The van der Waals surface area contributed by atoms with E-state index in [0.717, 1.165) is 11.1 Å². The Balaban J connectivity index is 1.96. The lowest BCUT2D eigenvalue weighted by atomic mass is 9.96. The van der Waals surface area contributed by atoms with Crippen LogP contribution in [0, 0.1) is 0 Å². The van der Waals surface area contributed by atoms with Gasteiger partial charge in [0.2, 0.25) is 0 Å². The molecule has 0 heterocycles. The zero-order valence-corrected chi connectivity index (χ0v) is 17.8. The molecule has 0 bridgehead atoms. The van der Waals surface area contributed by atoms with E-state index in [0.29, 0.717) is 21.3 Å². The molecule has 0 saturated carbocycles. The van der Waals surface area contributed by atoms with Gasteiger partial charge >= 0.3 is 5.97 Å². The number of nitrogens with two attached hydrogens (primary N) is 1. The van der Waals surface area contributed by atoms with Gasteiger partial charge in [0.15, 0.2) is 6.54 Å². The summed E-state index contributed by atoms with van der Waals surface area (Å²) >= 11 is 12.2. The molecule has 1 atom stereocenters. The topological polar surface area (TPSA) is 72.0 Å². The van der Waals surface area contributed by atoms with Gasteiger partial charge in [-0.3, -0.25) is 4.79 Å². The summed E-state index contributed by atoms with van der Waals surface area (Å²) in [5.41, 5.74) is 2.83. The van der Waals surface area contributed by atoms with Crippen LogP contribution in [0.5, 0.6) is 0 Å². The average molecular weight is 444 g/mol. The predicted octanol–water partition coefficient (Wildman–Crippen LogP) is 4.07. The van der Waals surface area contributed by atoms with E-state index in [-0.39, 0.29) is 24.5 Å². The van der Waals surface area contributed by atoms with Crippen molar-refractivity contribution in [1.82, 2.24) is 0 Å². The molecule has 3 aromatic carbocycles. The highest BCUT2D eigenvalue weighted by molar-refractivity contribution is 6.31. The van der Waals surface area contributed by atoms with Crippen LogP contribution in [0.1, 0.15) is 27.5 Å². The Hall–Kier alpha value is -2.86. The molecule has 3 aromatic rings. The Kier molecular flexibility index (Phi) is 7.46. The van der Waals surface area contributed by atoms with Crippen LogP contribution in [0.4, 0.5) is 5.69 Å². The molecule has 5 nitrogen and oxygen atoms in total. The number of hydrogen-bond acceptors (Lipinski definition) is 3. The normalized spacial score (nSPS) is 11.6. The van der Waals surface area contributed by atoms with Crippen LogP contribution in [0.3, 0.4) is 0 Å². The van der Waals surface area contributed by atoms with Crippen LogP contribution in [-0.4, -0.2) is 25.5 Å². The van der Waals surface area contributed by atoms with E-state index in [1.165, 1.54) is 7.11 Å². The first-order chi connectivity index (χ1) is 14.5. The maximum atomic E-state index is 12.8. The number of nitrogens with one attached hydrogen (secondary N) is 1. The van der Waals surface area contributed by atoms with Crippen molar-refractivity contribution < 1.29 is 19.6 Å². The largest absolute Gasteiger partial charge is 0.465 e. The van der Waals surface area contributed by atoms with Gasteiger partial charge in [0, 0.05) is 26.7 Å². The van der Waals surface area contributed by atoms with Crippen LogP contribution in [0.2, 0.25) is 10.0 Å². The minimum Gasteiger partial charge on any atom is -0.465 e. The molecule has 7 heteroatoms. The van der Waals surface area contributed by atoms with E-state index < -0.39 is 0 Å². The summed E-state index contributed by atoms with van der Waals surface area (Å²) in [5.74, 6) is -0.611. The molecule has 0 radical (unpaired) electrons. The third kappa shape index (κ3) is 5.60. The van der Waals surface area contributed by atoms with Gasteiger partial charge in [0.05, 0.1) is 12.8 Å². The van der Waals surface area contributed by atoms with Crippen molar-refractivity contribution in [1.29, 1.82) is 0 Å². The van der Waals surface area contributed by atoms with Crippen molar-refractivity contribution in [2.45, 2.75) is 6.04 Å². The predicted molar refractivity (Wildman–Crippen MR) is 118 cm³/mol. The van der Waals surface area contributed by atoms with Crippen LogP contribution < -0.4 is 10.6 Å². The van der Waals surface area contributed by atoms with Gasteiger partial charge in [0.25, 0.3) is 5.91 Å². The fourth-order valence-corrected chi connectivity index (χ4v) is 3.41. The van der Waals surface area contributed by atoms with Crippen molar-refractivity contribution in [3.8, 4) is 0 Å². The molecule has 0 aliphatic carbocycles. The lowest BCUT2D eigenvalue weighted by Crippen LogP contribution is -2.87. The molecule has 0 aliphatic heterocycles. The smallest absolute Gasteiger partial charge is 0.361 e. The maximum absolute atomic E-state index is 12.8. The summed E-state index contributed by atoms with van der Waals surface area (Å²) in [6.45, 7) is 0.118. The first-order valence-corrected chi connectivity index (χ1v) is 10.0. The van der Waals surface area contributed by atoms with E-state index in [2.05, 4.69) is 5.32 Å². The first kappa shape index (κ1) is 21.8. The number of benzene rings is 3. The fourth-order valence-electron chi connectivity index (χ4n) is 3.10. The molecule has 0 saturated heterocycles. The fraction of sp³-hybridized carbons (Fsp3) is 0.130. The second-order valence-electron chi connectivity index (χ2n) is 6.60. The highest BCUT2D eigenvalue weighted by Crippen LogP contribution is 2.29. The molecule has 0 aliphatic rings. The van der Waals surface area contributed by atoms with Crippen LogP contribution in [0.15, 0.2) is 72.8 Å². The molecule has 0 fully saturated rings. The minimum absolute atomic E-state index is 0.118. The lowest BCUT2D eigenvalue weighted by Gasteiger charge is -2.20. The van der Waals surface area contributed by atoms with Crippen LogP contribution >= 0.6 is 23.2 Å². The third-order valence-electron chi connectivity index (χ3n) is 4.61. The summed E-state index contributed by atoms with van der Waals surface area (Å²) in [6, 6.07) is 21.3. The summed E-state index contributed by atoms with van der Waals surface area (Å²) < 4.78 is 4.78. The van der Waals surface area contributed by atoms with Gasteiger partial charge in [0.1, 0.15) is 6.04 Å². The molecule has 1 amide bonds. The zero-order valence-electron chi connectivity index (χ0n) is 16.3.